The normalized spacial score (nSPS) is 26.6. The average molecular weight is 195 g/mol. The van der Waals surface area contributed by atoms with Crippen LogP contribution in [0.2, 0.25) is 0 Å². The molecular formula is C10H14FN3. The second-order valence-electron chi connectivity index (χ2n) is 3.80. The monoisotopic (exact) mass is 195 g/mol. The third-order valence-corrected chi connectivity index (χ3v) is 2.63. The Morgan fingerprint density at radius 3 is 3.14 bits per heavy atom. The first kappa shape index (κ1) is 9.40. The Bertz CT molecular complexity index is 321. The van der Waals surface area contributed by atoms with Gasteiger partial charge in [-0.05, 0) is 24.6 Å². The molecule has 3 N–H and O–H groups in total. The van der Waals surface area contributed by atoms with E-state index in [1.165, 1.54) is 0 Å². The number of nitrogens with zero attached hydrogens (tertiary/aromatic N) is 1. The van der Waals surface area contributed by atoms with E-state index >= 15 is 0 Å². The topological polar surface area (TPSA) is 50.9 Å². The van der Waals surface area contributed by atoms with Crippen LogP contribution in [0.5, 0.6) is 0 Å². The predicted octanol–water partition coefficient (Wildman–Crippen LogP) is 0.908. The van der Waals surface area contributed by atoms with Crippen LogP contribution in [0.4, 0.5) is 10.2 Å². The van der Waals surface area contributed by atoms with Gasteiger partial charge >= 0.3 is 0 Å². The summed E-state index contributed by atoms with van der Waals surface area (Å²) >= 11 is 0. The molecule has 1 aliphatic heterocycles. The molecule has 0 radical (unpaired) electrons. The minimum Gasteiger partial charge on any atom is -0.383 e. The number of nitrogen functional groups attached to an aromatic ring is 1. The first-order valence-corrected chi connectivity index (χ1v) is 4.79. The zero-order valence-corrected chi connectivity index (χ0v) is 7.96. The molecule has 0 spiro atoms. The van der Waals surface area contributed by atoms with Crippen LogP contribution in [0.25, 0.3) is 0 Å². The molecule has 0 saturated carbocycles. The Morgan fingerprint density at radius 2 is 2.50 bits per heavy atom. The summed E-state index contributed by atoms with van der Waals surface area (Å²) in [4.78, 5) is 3.94. The summed E-state index contributed by atoms with van der Waals surface area (Å²) in [6.07, 6.45) is 2.54. The smallest absolute Gasteiger partial charge is 0.128 e. The lowest BCUT2D eigenvalue weighted by atomic mass is 9.96. The number of anilines is 1. The number of rotatable bonds is 2. The zero-order valence-electron chi connectivity index (χ0n) is 7.96. The highest BCUT2D eigenvalue weighted by molar-refractivity contribution is 5.39. The van der Waals surface area contributed by atoms with Crippen LogP contribution in [0.3, 0.4) is 0 Å². The fraction of sp³-hybridized carbons (Fsp3) is 0.500. The third-order valence-electron chi connectivity index (χ3n) is 2.63. The van der Waals surface area contributed by atoms with Gasteiger partial charge < -0.3 is 11.1 Å². The molecule has 0 aromatic carbocycles. The average Bonchev–Trinajstić information content (AvgIpc) is 2.57. The molecule has 0 bridgehead atoms. The van der Waals surface area contributed by atoms with Gasteiger partial charge in [0.25, 0.3) is 0 Å². The van der Waals surface area contributed by atoms with Crippen LogP contribution in [0, 0.1) is 0 Å². The van der Waals surface area contributed by atoms with Crippen molar-refractivity contribution in [3.8, 4) is 0 Å². The fourth-order valence-electron chi connectivity index (χ4n) is 1.81. The van der Waals surface area contributed by atoms with Crippen molar-refractivity contribution in [1.29, 1.82) is 0 Å². The van der Waals surface area contributed by atoms with Crippen molar-refractivity contribution in [2.75, 3.05) is 18.8 Å². The predicted molar refractivity (Wildman–Crippen MR) is 53.7 cm³/mol. The SMILES string of the molecule is Nc1ncccc1CC1(F)CCNC1. The summed E-state index contributed by atoms with van der Waals surface area (Å²) in [5.74, 6) is 0.441. The van der Waals surface area contributed by atoms with Gasteiger partial charge in [-0.1, -0.05) is 6.07 Å². The van der Waals surface area contributed by atoms with Gasteiger partial charge in [0.15, 0.2) is 0 Å². The van der Waals surface area contributed by atoms with Crippen LogP contribution >= 0.6 is 0 Å². The Morgan fingerprint density at radius 1 is 1.64 bits per heavy atom. The van der Waals surface area contributed by atoms with Crippen molar-refractivity contribution in [2.24, 2.45) is 0 Å². The van der Waals surface area contributed by atoms with E-state index in [1.807, 2.05) is 6.07 Å². The van der Waals surface area contributed by atoms with Crippen molar-refractivity contribution in [2.45, 2.75) is 18.5 Å². The molecule has 0 amide bonds. The van der Waals surface area contributed by atoms with Gasteiger partial charge in [0.05, 0.1) is 0 Å². The lowest BCUT2D eigenvalue weighted by molar-refractivity contribution is 0.190. The number of alkyl halides is 1. The number of halogens is 1. The van der Waals surface area contributed by atoms with Crippen LogP contribution in [0.15, 0.2) is 18.3 Å². The molecule has 1 unspecified atom stereocenters. The molecule has 0 aliphatic carbocycles. The van der Waals surface area contributed by atoms with Gasteiger partial charge in [-0.15, -0.1) is 0 Å². The fourth-order valence-corrected chi connectivity index (χ4v) is 1.81. The summed E-state index contributed by atoms with van der Waals surface area (Å²) in [6.45, 7) is 1.16. The van der Waals surface area contributed by atoms with Gasteiger partial charge in [0.2, 0.25) is 0 Å². The molecule has 1 saturated heterocycles. The van der Waals surface area contributed by atoms with E-state index in [0.29, 0.717) is 25.2 Å². The maximum Gasteiger partial charge on any atom is 0.128 e. The molecule has 3 nitrogen and oxygen atoms in total. The number of nitrogens with one attached hydrogen (secondary N) is 1. The molecule has 14 heavy (non-hydrogen) atoms. The zero-order chi connectivity index (χ0) is 10.0. The molecule has 2 rings (SSSR count). The lowest BCUT2D eigenvalue weighted by Crippen LogP contribution is -2.29. The van der Waals surface area contributed by atoms with E-state index in [2.05, 4.69) is 10.3 Å². The highest BCUT2D eigenvalue weighted by Gasteiger charge is 2.34. The number of pyridine rings is 1. The van der Waals surface area contributed by atoms with Crippen molar-refractivity contribution in [1.82, 2.24) is 10.3 Å². The minimum atomic E-state index is -1.14. The van der Waals surface area contributed by atoms with Gasteiger partial charge in [-0.3, -0.25) is 0 Å². The number of hydrogen-bond acceptors (Lipinski definition) is 3. The van der Waals surface area contributed by atoms with E-state index < -0.39 is 5.67 Å². The molecular weight excluding hydrogens is 181 g/mol. The molecule has 1 aliphatic rings. The summed E-state index contributed by atoms with van der Waals surface area (Å²) in [5, 5.41) is 3.02. The first-order valence-electron chi connectivity index (χ1n) is 4.79. The molecule has 4 heteroatoms. The summed E-state index contributed by atoms with van der Waals surface area (Å²) in [7, 11) is 0. The largest absolute Gasteiger partial charge is 0.383 e. The van der Waals surface area contributed by atoms with E-state index in [4.69, 9.17) is 5.73 Å². The molecule has 1 aromatic heterocycles. The minimum absolute atomic E-state index is 0.361. The number of aromatic nitrogens is 1. The highest BCUT2D eigenvalue weighted by atomic mass is 19.1. The van der Waals surface area contributed by atoms with Crippen molar-refractivity contribution in [3.05, 3.63) is 23.9 Å². The maximum atomic E-state index is 14.0. The molecule has 2 heterocycles. The van der Waals surface area contributed by atoms with E-state index in [0.717, 1.165) is 12.1 Å². The third kappa shape index (κ3) is 1.85. The standard InChI is InChI=1S/C10H14FN3/c11-10(3-5-13-7-10)6-8-2-1-4-14-9(8)12/h1-2,4,13H,3,5-7H2,(H2,12,14). The van der Waals surface area contributed by atoms with Gasteiger partial charge in [-0.2, -0.15) is 0 Å². The summed E-state index contributed by atoms with van der Waals surface area (Å²) < 4.78 is 14.0. The Hall–Kier alpha value is -1.16. The Kier molecular flexibility index (Phi) is 2.37. The van der Waals surface area contributed by atoms with Crippen LogP contribution in [-0.4, -0.2) is 23.7 Å². The molecule has 1 fully saturated rings. The van der Waals surface area contributed by atoms with Gasteiger partial charge in [0.1, 0.15) is 11.5 Å². The quantitative estimate of drug-likeness (QED) is 0.737. The van der Waals surface area contributed by atoms with Crippen LogP contribution in [0.1, 0.15) is 12.0 Å². The van der Waals surface area contributed by atoms with Crippen LogP contribution in [-0.2, 0) is 6.42 Å². The number of nitrogens with two attached hydrogens (primary N) is 1. The summed E-state index contributed by atoms with van der Waals surface area (Å²) in [6, 6.07) is 3.62. The number of hydrogen-bond donors (Lipinski definition) is 2. The highest BCUT2D eigenvalue weighted by Crippen LogP contribution is 2.26. The molecule has 76 valence electrons. The van der Waals surface area contributed by atoms with Crippen molar-refractivity contribution in [3.63, 3.8) is 0 Å². The Balaban J connectivity index is 2.14. The second kappa shape index (κ2) is 3.53. The van der Waals surface area contributed by atoms with E-state index in [1.54, 1.807) is 12.3 Å². The van der Waals surface area contributed by atoms with Gasteiger partial charge in [-0.25, -0.2) is 9.37 Å². The van der Waals surface area contributed by atoms with Crippen molar-refractivity contribution < 1.29 is 4.39 Å². The van der Waals surface area contributed by atoms with Crippen LogP contribution < -0.4 is 11.1 Å². The van der Waals surface area contributed by atoms with Crippen molar-refractivity contribution >= 4 is 5.82 Å². The lowest BCUT2D eigenvalue weighted by Gasteiger charge is -2.18. The second-order valence-corrected chi connectivity index (χ2v) is 3.80. The van der Waals surface area contributed by atoms with E-state index in [-0.39, 0.29) is 0 Å². The first-order chi connectivity index (χ1) is 6.70. The van der Waals surface area contributed by atoms with Gasteiger partial charge in [0, 0.05) is 19.2 Å². The maximum absolute atomic E-state index is 14.0. The molecule has 1 atom stereocenters. The summed E-state index contributed by atoms with van der Waals surface area (Å²) in [5.41, 5.74) is 5.32. The van der Waals surface area contributed by atoms with E-state index in [9.17, 15) is 4.39 Å². The molecule has 1 aromatic rings. The Labute approximate surface area is 82.5 Å².